The first-order valence-corrected chi connectivity index (χ1v) is 5.27. The highest BCUT2D eigenvalue weighted by Gasteiger charge is 2.16. The van der Waals surface area contributed by atoms with Crippen molar-refractivity contribution in [1.82, 2.24) is 20.0 Å². The maximum Gasteiger partial charge on any atom is 0.272 e. The van der Waals surface area contributed by atoms with Gasteiger partial charge in [0, 0.05) is 20.6 Å². The molecule has 0 bridgehead atoms. The molecule has 0 aliphatic heterocycles. The van der Waals surface area contributed by atoms with Gasteiger partial charge in [-0.05, 0) is 6.92 Å². The zero-order valence-electron chi connectivity index (χ0n) is 10.2. The number of carbonyl (C=O) groups is 2. The summed E-state index contributed by atoms with van der Waals surface area (Å²) in [6.45, 7) is 2.41. The predicted molar refractivity (Wildman–Crippen MR) is 63.3 cm³/mol. The Morgan fingerprint density at radius 1 is 1.59 bits per heavy atom. The van der Waals surface area contributed by atoms with Gasteiger partial charge in [-0.15, -0.1) is 0 Å². The Morgan fingerprint density at radius 2 is 2.24 bits per heavy atom. The number of nitrogen functional groups attached to an aromatic ring is 1. The number of hydrogen-bond donors (Lipinski definition) is 2. The molecule has 0 saturated carbocycles. The molecule has 0 aliphatic rings. The number of nitrogens with two attached hydrogens (primary N) is 1. The molecule has 7 heteroatoms. The van der Waals surface area contributed by atoms with Crippen LogP contribution in [0.25, 0.3) is 0 Å². The number of aryl methyl sites for hydroxylation is 1. The second-order valence-electron chi connectivity index (χ2n) is 3.66. The van der Waals surface area contributed by atoms with Gasteiger partial charge in [0.2, 0.25) is 5.91 Å². The van der Waals surface area contributed by atoms with Crippen molar-refractivity contribution >= 4 is 17.5 Å². The van der Waals surface area contributed by atoms with Gasteiger partial charge >= 0.3 is 0 Å². The number of amides is 2. The number of nitrogens with one attached hydrogen (secondary N) is 1. The molecule has 3 N–H and O–H groups in total. The summed E-state index contributed by atoms with van der Waals surface area (Å²) >= 11 is 0. The predicted octanol–water partition coefficient (Wildman–Crippen LogP) is -0.790. The highest BCUT2D eigenvalue weighted by molar-refractivity contribution is 5.99. The van der Waals surface area contributed by atoms with Crippen molar-refractivity contribution in [2.24, 2.45) is 7.05 Å². The summed E-state index contributed by atoms with van der Waals surface area (Å²) in [5.74, 6) is -0.554. The first-order valence-electron chi connectivity index (χ1n) is 5.27. The van der Waals surface area contributed by atoms with Crippen LogP contribution in [0, 0.1) is 0 Å². The zero-order valence-corrected chi connectivity index (χ0v) is 10.2. The van der Waals surface area contributed by atoms with E-state index in [1.807, 2.05) is 6.92 Å². The van der Waals surface area contributed by atoms with Gasteiger partial charge in [-0.3, -0.25) is 14.3 Å². The third kappa shape index (κ3) is 2.96. The fraction of sp³-hybridized carbons (Fsp3) is 0.500. The summed E-state index contributed by atoms with van der Waals surface area (Å²) in [4.78, 5) is 24.7. The average molecular weight is 239 g/mol. The van der Waals surface area contributed by atoms with E-state index < -0.39 is 5.91 Å². The van der Waals surface area contributed by atoms with Crippen molar-refractivity contribution in [2.45, 2.75) is 6.92 Å². The molecule has 0 atom stereocenters. The lowest BCUT2D eigenvalue weighted by molar-refractivity contribution is -0.128. The Balaban J connectivity index is 2.60. The smallest absolute Gasteiger partial charge is 0.272 e. The quantitative estimate of drug-likeness (QED) is 0.720. The summed E-state index contributed by atoms with van der Waals surface area (Å²) < 4.78 is 1.37. The molecule has 17 heavy (non-hydrogen) atoms. The van der Waals surface area contributed by atoms with Crippen LogP contribution in [-0.4, -0.2) is 46.6 Å². The van der Waals surface area contributed by atoms with Crippen molar-refractivity contribution < 1.29 is 9.59 Å². The summed E-state index contributed by atoms with van der Waals surface area (Å²) in [6.07, 6.45) is 1.40. The van der Waals surface area contributed by atoms with Crippen LogP contribution < -0.4 is 11.1 Å². The fourth-order valence-corrected chi connectivity index (χ4v) is 1.28. The molecule has 0 saturated heterocycles. The maximum absolute atomic E-state index is 11.7. The van der Waals surface area contributed by atoms with Crippen molar-refractivity contribution in [3.05, 3.63) is 11.9 Å². The number of nitrogens with zero attached hydrogens (tertiary/aromatic N) is 3. The molecule has 0 spiro atoms. The van der Waals surface area contributed by atoms with E-state index in [0.717, 1.165) is 0 Å². The lowest BCUT2D eigenvalue weighted by atomic mass is 10.3. The molecule has 0 aliphatic carbocycles. The first-order chi connectivity index (χ1) is 7.97. The van der Waals surface area contributed by atoms with Crippen LogP contribution in [0.5, 0.6) is 0 Å². The van der Waals surface area contributed by atoms with Crippen LogP contribution in [0.1, 0.15) is 17.4 Å². The lowest BCUT2D eigenvalue weighted by Gasteiger charge is -2.14. The van der Waals surface area contributed by atoms with E-state index in [2.05, 4.69) is 10.4 Å². The molecule has 94 valence electrons. The van der Waals surface area contributed by atoms with Gasteiger partial charge in [-0.25, -0.2) is 0 Å². The standard InChI is InChI=1S/C10H17N5O2/c1-4-14(2)8(16)6-12-10(17)9-7(11)5-13-15(9)3/h5H,4,6,11H2,1-3H3,(H,12,17). The van der Waals surface area contributed by atoms with Crippen LogP contribution in [-0.2, 0) is 11.8 Å². The van der Waals surface area contributed by atoms with Gasteiger partial charge in [0.25, 0.3) is 5.91 Å². The molecular formula is C10H17N5O2. The van der Waals surface area contributed by atoms with Crippen LogP contribution in [0.4, 0.5) is 5.69 Å². The molecular weight excluding hydrogens is 222 g/mol. The van der Waals surface area contributed by atoms with E-state index >= 15 is 0 Å². The summed E-state index contributed by atoms with van der Waals surface area (Å²) in [7, 11) is 3.29. The van der Waals surface area contributed by atoms with E-state index in [1.54, 1.807) is 14.1 Å². The highest BCUT2D eigenvalue weighted by atomic mass is 16.2. The SMILES string of the molecule is CCN(C)C(=O)CNC(=O)c1c(N)cnn1C. The van der Waals surface area contributed by atoms with Gasteiger partial charge in [0.1, 0.15) is 5.69 Å². The lowest BCUT2D eigenvalue weighted by Crippen LogP contribution is -2.38. The molecule has 1 aromatic heterocycles. The van der Waals surface area contributed by atoms with Gasteiger partial charge < -0.3 is 16.0 Å². The molecule has 0 radical (unpaired) electrons. The Kier molecular flexibility index (Phi) is 4.08. The van der Waals surface area contributed by atoms with Crippen molar-refractivity contribution in [1.29, 1.82) is 0 Å². The number of rotatable bonds is 4. The summed E-state index contributed by atoms with van der Waals surface area (Å²) in [5, 5.41) is 6.36. The largest absolute Gasteiger partial charge is 0.396 e. The summed E-state index contributed by atoms with van der Waals surface area (Å²) in [5.41, 5.74) is 6.15. The van der Waals surface area contributed by atoms with Gasteiger partial charge in [-0.1, -0.05) is 0 Å². The molecule has 1 heterocycles. The third-order valence-corrected chi connectivity index (χ3v) is 2.48. The minimum absolute atomic E-state index is 0.0478. The normalized spacial score (nSPS) is 10.1. The van der Waals surface area contributed by atoms with Crippen LogP contribution in [0.15, 0.2) is 6.20 Å². The Morgan fingerprint density at radius 3 is 2.71 bits per heavy atom. The fourth-order valence-electron chi connectivity index (χ4n) is 1.28. The van der Waals surface area contributed by atoms with Gasteiger partial charge in [0.05, 0.1) is 18.4 Å². The summed E-state index contributed by atoms with van der Waals surface area (Å²) in [6, 6.07) is 0. The highest BCUT2D eigenvalue weighted by Crippen LogP contribution is 2.08. The molecule has 0 aromatic carbocycles. The minimum Gasteiger partial charge on any atom is -0.396 e. The van der Waals surface area contributed by atoms with Crippen LogP contribution >= 0.6 is 0 Å². The van der Waals surface area contributed by atoms with E-state index in [1.165, 1.54) is 15.8 Å². The monoisotopic (exact) mass is 239 g/mol. The second kappa shape index (κ2) is 5.33. The molecule has 7 nitrogen and oxygen atoms in total. The Hall–Kier alpha value is -2.05. The van der Waals surface area contributed by atoms with Gasteiger partial charge in [-0.2, -0.15) is 5.10 Å². The van der Waals surface area contributed by atoms with Crippen molar-refractivity contribution in [3.8, 4) is 0 Å². The molecule has 0 unspecified atom stereocenters. The van der Waals surface area contributed by atoms with E-state index in [0.29, 0.717) is 12.2 Å². The first kappa shape index (κ1) is 13.0. The van der Waals surface area contributed by atoms with Crippen LogP contribution in [0.2, 0.25) is 0 Å². The topological polar surface area (TPSA) is 93.2 Å². The molecule has 2 amide bonds. The van der Waals surface area contributed by atoms with E-state index in [-0.39, 0.29) is 18.1 Å². The number of aromatic nitrogens is 2. The Bertz CT molecular complexity index is 407. The minimum atomic E-state index is -0.402. The van der Waals surface area contributed by atoms with Gasteiger partial charge in [0.15, 0.2) is 0 Å². The third-order valence-electron chi connectivity index (χ3n) is 2.48. The van der Waals surface area contributed by atoms with Crippen molar-refractivity contribution in [2.75, 3.05) is 25.9 Å². The Labute approximate surface area is 99.6 Å². The number of anilines is 1. The van der Waals surface area contributed by atoms with Crippen LogP contribution in [0.3, 0.4) is 0 Å². The van der Waals surface area contributed by atoms with E-state index in [4.69, 9.17) is 5.73 Å². The second-order valence-corrected chi connectivity index (χ2v) is 3.66. The number of hydrogen-bond acceptors (Lipinski definition) is 4. The van der Waals surface area contributed by atoms with Crippen molar-refractivity contribution in [3.63, 3.8) is 0 Å². The maximum atomic E-state index is 11.7. The zero-order chi connectivity index (χ0) is 13.0. The molecule has 1 aromatic rings. The number of carbonyl (C=O) groups excluding carboxylic acids is 2. The molecule has 0 fully saturated rings. The molecule has 1 rings (SSSR count). The average Bonchev–Trinajstić information content (AvgIpc) is 2.64. The number of likely N-dealkylation sites (N-methyl/N-ethyl adjacent to an activating group) is 1. The van der Waals surface area contributed by atoms with E-state index in [9.17, 15) is 9.59 Å².